The van der Waals surface area contributed by atoms with Crippen molar-refractivity contribution in [3.05, 3.63) is 0 Å². The lowest BCUT2D eigenvalue weighted by molar-refractivity contribution is -0.928. The Labute approximate surface area is 106 Å². The molecule has 0 saturated heterocycles. The molecular weight excluding hydrogens is 218 g/mol. The quantitative estimate of drug-likeness (QED) is 0.311. The predicted octanol–water partition coefficient (Wildman–Crippen LogP) is 1.36. The molecule has 0 heterocycles. The minimum Gasteiger partial charge on any atom is -0.391 e. The van der Waals surface area contributed by atoms with Gasteiger partial charge in [0.25, 0.3) is 0 Å². The maximum absolute atomic E-state index is 8.98. The van der Waals surface area contributed by atoms with Crippen molar-refractivity contribution in [1.29, 1.82) is 0 Å². The predicted molar refractivity (Wildman–Crippen MR) is 69.7 cm³/mol. The molecule has 0 bridgehead atoms. The average Bonchev–Trinajstić information content (AvgIpc) is 2.28. The van der Waals surface area contributed by atoms with Crippen molar-refractivity contribution in [2.24, 2.45) is 0 Å². The Morgan fingerprint density at radius 3 is 2.06 bits per heavy atom. The first kappa shape index (κ1) is 16.8. The third-order valence-corrected chi connectivity index (χ3v) is 3.07. The number of rotatable bonds is 12. The highest BCUT2D eigenvalue weighted by Gasteiger charge is 2.19. The highest BCUT2D eigenvalue weighted by Crippen LogP contribution is 2.05. The van der Waals surface area contributed by atoms with E-state index >= 15 is 0 Å². The molecule has 0 amide bonds. The molecule has 17 heavy (non-hydrogen) atoms. The zero-order chi connectivity index (χ0) is 13.0. The van der Waals surface area contributed by atoms with Crippen LogP contribution < -0.4 is 0 Å². The Morgan fingerprint density at radius 2 is 1.53 bits per heavy atom. The van der Waals surface area contributed by atoms with Crippen molar-refractivity contribution >= 4 is 0 Å². The van der Waals surface area contributed by atoms with Gasteiger partial charge in [0, 0.05) is 0 Å². The van der Waals surface area contributed by atoms with Crippen molar-refractivity contribution in [2.45, 2.75) is 39.0 Å². The Balaban J connectivity index is 3.54. The van der Waals surface area contributed by atoms with Gasteiger partial charge < -0.3 is 14.9 Å². The number of quaternary nitrogens is 1. The van der Waals surface area contributed by atoms with E-state index in [4.69, 9.17) is 14.9 Å². The molecule has 0 rings (SSSR count). The summed E-state index contributed by atoms with van der Waals surface area (Å²) < 4.78 is 6.22. The van der Waals surface area contributed by atoms with Crippen LogP contribution in [0, 0.1) is 0 Å². The molecule has 104 valence electrons. The highest BCUT2D eigenvalue weighted by molar-refractivity contribution is 4.41. The first-order valence-electron chi connectivity index (χ1n) is 6.81. The van der Waals surface area contributed by atoms with Crippen LogP contribution in [-0.4, -0.2) is 61.4 Å². The number of hydrogen-bond donors (Lipinski definition) is 2. The Hall–Kier alpha value is -0.160. The Bertz CT molecular complexity index is 159. The van der Waals surface area contributed by atoms with Crippen LogP contribution in [0.4, 0.5) is 0 Å². The average molecular weight is 248 g/mol. The van der Waals surface area contributed by atoms with E-state index in [2.05, 4.69) is 6.92 Å². The maximum Gasteiger partial charge on any atom is 0.183 e. The second kappa shape index (κ2) is 11.0. The summed E-state index contributed by atoms with van der Waals surface area (Å²) in [6.07, 6.45) is 6.21. The fourth-order valence-corrected chi connectivity index (χ4v) is 1.82. The number of ether oxygens (including phenoxy) is 1. The van der Waals surface area contributed by atoms with Gasteiger partial charge in [0.05, 0.1) is 26.9 Å². The number of unbranched alkanes of at least 4 members (excludes halogenated alkanes) is 4. The minimum atomic E-state index is 0.135. The SMILES string of the molecule is CCCCCCCOC[N+](C)(CCO)CCO. The third kappa shape index (κ3) is 9.53. The van der Waals surface area contributed by atoms with Crippen LogP contribution >= 0.6 is 0 Å². The molecule has 4 nitrogen and oxygen atoms in total. The summed E-state index contributed by atoms with van der Waals surface area (Å²) in [5.41, 5.74) is 0. The fraction of sp³-hybridized carbons (Fsp3) is 1.00. The van der Waals surface area contributed by atoms with Gasteiger partial charge in [0.1, 0.15) is 13.1 Å². The molecule has 4 heteroatoms. The van der Waals surface area contributed by atoms with Crippen LogP contribution in [0.5, 0.6) is 0 Å². The van der Waals surface area contributed by atoms with Crippen LogP contribution in [0.2, 0.25) is 0 Å². The summed E-state index contributed by atoms with van der Waals surface area (Å²) in [6.45, 7) is 5.12. The first-order chi connectivity index (χ1) is 8.18. The third-order valence-electron chi connectivity index (χ3n) is 3.07. The normalized spacial score (nSPS) is 12.0. The Kier molecular flexibility index (Phi) is 10.9. The molecule has 0 fully saturated rings. The van der Waals surface area contributed by atoms with Gasteiger partial charge in [0.15, 0.2) is 6.73 Å². The van der Waals surface area contributed by atoms with Gasteiger partial charge in [-0.3, -0.25) is 4.48 Å². The van der Waals surface area contributed by atoms with E-state index in [-0.39, 0.29) is 13.2 Å². The summed E-state index contributed by atoms with van der Waals surface area (Å²) in [7, 11) is 2.00. The van der Waals surface area contributed by atoms with E-state index in [1.807, 2.05) is 7.05 Å². The van der Waals surface area contributed by atoms with Crippen LogP contribution in [0.25, 0.3) is 0 Å². The van der Waals surface area contributed by atoms with Crippen LogP contribution in [0.15, 0.2) is 0 Å². The lowest BCUT2D eigenvalue weighted by atomic mass is 10.2. The number of aliphatic hydroxyl groups is 2. The smallest absolute Gasteiger partial charge is 0.183 e. The van der Waals surface area contributed by atoms with E-state index in [1.165, 1.54) is 25.7 Å². The van der Waals surface area contributed by atoms with Gasteiger partial charge in [-0.25, -0.2) is 0 Å². The zero-order valence-corrected chi connectivity index (χ0v) is 11.5. The van der Waals surface area contributed by atoms with Crippen molar-refractivity contribution in [3.8, 4) is 0 Å². The lowest BCUT2D eigenvalue weighted by Gasteiger charge is -2.32. The molecule has 0 aliphatic rings. The number of nitrogens with zero attached hydrogens (tertiary/aromatic N) is 1. The van der Waals surface area contributed by atoms with Crippen LogP contribution in [0.1, 0.15) is 39.0 Å². The zero-order valence-electron chi connectivity index (χ0n) is 11.5. The van der Waals surface area contributed by atoms with Crippen molar-refractivity contribution < 1.29 is 19.4 Å². The van der Waals surface area contributed by atoms with Crippen molar-refractivity contribution in [3.63, 3.8) is 0 Å². The minimum absolute atomic E-state index is 0.135. The number of likely N-dealkylation sites (N-methyl/N-ethyl adjacent to an activating group) is 1. The fourth-order valence-electron chi connectivity index (χ4n) is 1.82. The summed E-state index contributed by atoms with van der Waals surface area (Å²) in [4.78, 5) is 0. The van der Waals surface area contributed by atoms with Crippen LogP contribution in [0.3, 0.4) is 0 Å². The molecule has 0 radical (unpaired) electrons. The monoisotopic (exact) mass is 248 g/mol. The van der Waals surface area contributed by atoms with Crippen molar-refractivity contribution in [2.75, 3.05) is 46.7 Å². The van der Waals surface area contributed by atoms with Crippen LogP contribution in [-0.2, 0) is 4.74 Å². The van der Waals surface area contributed by atoms with E-state index in [0.717, 1.165) is 13.0 Å². The second-order valence-corrected chi connectivity index (χ2v) is 4.97. The molecule has 0 aliphatic heterocycles. The highest BCUT2D eigenvalue weighted by atomic mass is 16.5. The van der Waals surface area contributed by atoms with E-state index < -0.39 is 0 Å². The molecular formula is C13H30NO3+. The first-order valence-corrected chi connectivity index (χ1v) is 6.81. The van der Waals surface area contributed by atoms with Crippen molar-refractivity contribution in [1.82, 2.24) is 0 Å². The van der Waals surface area contributed by atoms with E-state index in [0.29, 0.717) is 24.3 Å². The molecule has 0 saturated carbocycles. The van der Waals surface area contributed by atoms with Gasteiger partial charge >= 0.3 is 0 Å². The van der Waals surface area contributed by atoms with Gasteiger partial charge in [-0.15, -0.1) is 0 Å². The molecule has 2 N–H and O–H groups in total. The second-order valence-electron chi connectivity index (χ2n) is 4.97. The largest absolute Gasteiger partial charge is 0.391 e. The summed E-state index contributed by atoms with van der Waals surface area (Å²) in [6, 6.07) is 0. The number of hydrogen-bond acceptors (Lipinski definition) is 3. The standard InChI is InChI=1S/C13H30NO3/c1-3-4-5-6-7-12-17-13-14(2,8-10-15)9-11-16/h15-16H,3-13H2,1-2H3/q+1. The van der Waals surface area contributed by atoms with Gasteiger partial charge in [-0.2, -0.15) is 0 Å². The Morgan fingerprint density at radius 1 is 0.941 bits per heavy atom. The van der Waals surface area contributed by atoms with Gasteiger partial charge in [-0.05, 0) is 6.42 Å². The van der Waals surface area contributed by atoms with E-state index in [9.17, 15) is 0 Å². The molecule has 0 aliphatic carbocycles. The lowest BCUT2D eigenvalue weighted by Crippen LogP contribution is -2.49. The summed E-state index contributed by atoms with van der Waals surface area (Å²) >= 11 is 0. The molecule has 0 unspecified atom stereocenters. The van der Waals surface area contributed by atoms with Gasteiger partial charge in [0.2, 0.25) is 0 Å². The summed E-state index contributed by atoms with van der Waals surface area (Å²) in [5.74, 6) is 0. The number of aliphatic hydroxyl groups excluding tert-OH is 2. The van der Waals surface area contributed by atoms with Gasteiger partial charge in [-0.1, -0.05) is 32.6 Å². The molecule has 0 aromatic heterocycles. The molecule has 0 spiro atoms. The van der Waals surface area contributed by atoms with E-state index in [1.54, 1.807) is 0 Å². The summed E-state index contributed by atoms with van der Waals surface area (Å²) in [5, 5.41) is 18.0. The molecule has 0 aromatic carbocycles. The molecule has 0 aromatic rings. The molecule has 0 atom stereocenters. The maximum atomic E-state index is 8.98. The topological polar surface area (TPSA) is 49.7 Å².